The molecule has 2 rings (SSSR count). The van der Waals surface area contributed by atoms with Gasteiger partial charge < -0.3 is 5.11 Å². The van der Waals surface area contributed by atoms with Gasteiger partial charge in [0, 0.05) is 16.7 Å². The molecule has 5 nitrogen and oxygen atoms in total. The first kappa shape index (κ1) is 11.3. The van der Waals surface area contributed by atoms with E-state index in [1.54, 1.807) is 30.6 Å². The summed E-state index contributed by atoms with van der Waals surface area (Å²) < 4.78 is 0. The zero-order valence-electron chi connectivity index (χ0n) is 8.62. The molecule has 0 bridgehead atoms. The van der Waals surface area contributed by atoms with Crippen LogP contribution in [0.3, 0.4) is 0 Å². The van der Waals surface area contributed by atoms with Gasteiger partial charge in [-0.05, 0) is 24.3 Å². The molecule has 0 spiro atoms. The summed E-state index contributed by atoms with van der Waals surface area (Å²) in [6.07, 6.45) is 5.57. The van der Waals surface area contributed by atoms with Gasteiger partial charge in [-0.25, -0.2) is 4.79 Å². The fourth-order valence-corrected chi connectivity index (χ4v) is 1.52. The molecule has 0 radical (unpaired) electrons. The predicted octanol–water partition coefficient (Wildman–Crippen LogP) is 2.02. The molecular weight excluding hydrogens is 242 g/mol. The van der Waals surface area contributed by atoms with E-state index in [2.05, 4.69) is 10.2 Å². The molecule has 0 amide bonds. The molecule has 0 fully saturated rings. The average molecular weight is 250 g/mol. The molecule has 0 unspecified atom stereocenters. The Morgan fingerprint density at radius 1 is 1.35 bits per heavy atom. The zero-order chi connectivity index (χ0) is 12.3. The lowest BCUT2D eigenvalue weighted by Gasteiger charge is -2.04. The van der Waals surface area contributed by atoms with E-state index in [1.807, 2.05) is 0 Å². The Bertz CT molecular complexity index is 564. The van der Waals surface area contributed by atoms with Gasteiger partial charge in [0.2, 0.25) is 0 Å². The summed E-state index contributed by atoms with van der Waals surface area (Å²) in [7, 11) is 0. The molecular formula is C11H8ClN3O2. The van der Waals surface area contributed by atoms with Crippen LogP contribution in [-0.2, 0) is 4.79 Å². The Balaban J connectivity index is 2.48. The van der Waals surface area contributed by atoms with E-state index < -0.39 is 5.97 Å². The van der Waals surface area contributed by atoms with E-state index in [0.29, 0.717) is 16.3 Å². The minimum absolute atomic E-state index is 0.519. The number of hydrogen-bond donors (Lipinski definition) is 1. The number of benzene rings is 1. The number of hydrogen-bond acceptors (Lipinski definition) is 3. The van der Waals surface area contributed by atoms with Crippen molar-refractivity contribution in [2.45, 2.75) is 0 Å². The summed E-state index contributed by atoms with van der Waals surface area (Å²) in [5.41, 5.74) is 1.30. The third-order valence-electron chi connectivity index (χ3n) is 2.03. The van der Waals surface area contributed by atoms with Crippen LogP contribution in [0, 0.1) is 0 Å². The van der Waals surface area contributed by atoms with Gasteiger partial charge in [0.15, 0.2) is 0 Å². The van der Waals surface area contributed by atoms with E-state index in [1.165, 1.54) is 10.9 Å². The maximum atomic E-state index is 10.5. The molecule has 0 atom stereocenters. The molecule has 1 N–H and O–H groups in total. The van der Waals surface area contributed by atoms with Crippen LogP contribution in [0.2, 0.25) is 5.02 Å². The number of nitrogens with zero attached hydrogens (tertiary/aromatic N) is 3. The molecule has 0 aliphatic rings. The number of aliphatic carboxylic acids is 1. The fraction of sp³-hybridized carbons (Fsp3) is 0. The monoisotopic (exact) mass is 249 g/mol. The Labute approximate surface area is 102 Å². The van der Waals surface area contributed by atoms with Crippen LogP contribution in [0.5, 0.6) is 0 Å². The second-order valence-electron chi connectivity index (χ2n) is 3.19. The second kappa shape index (κ2) is 4.80. The molecule has 86 valence electrons. The first-order valence-corrected chi connectivity index (χ1v) is 5.12. The van der Waals surface area contributed by atoms with Crippen LogP contribution >= 0.6 is 11.6 Å². The fourth-order valence-electron chi connectivity index (χ4n) is 1.34. The summed E-state index contributed by atoms with van der Waals surface area (Å²) in [6, 6.07) is 5.07. The van der Waals surface area contributed by atoms with Crippen LogP contribution in [-0.4, -0.2) is 26.1 Å². The first-order valence-electron chi connectivity index (χ1n) is 4.74. The molecule has 0 saturated heterocycles. The number of carbonyl (C=O) groups is 1. The lowest BCUT2D eigenvalue weighted by atomic mass is 10.1. The molecule has 1 aromatic heterocycles. The largest absolute Gasteiger partial charge is 0.478 e. The van der Waals surface area contributed by atoms with E-state index in [4.69, 9.17) is 16.7 Å². The molecule has 17 heavy (non-hydrogen) atoms. The van der Waals surface area contributed by atoms with Crippen molar-refractivity contribution < 1.29 is 9.90 Å². The van der Waals surface area contributed by atoms with Crippen molar-refractivity contribution >= 4 is 23.6 Å². The van der Waals surface area contributed by atoms with Crippen molar-refractivity contribution in [3.63, 3.8) is 0 Å². The molecule has 2 aromatic rings. The molecule has 0 aliphatic carbocycles. The first-order chi connectivity index (χ1) is 8.16. The third-order valence-corrected chi connectivity index (χ3v) is 2.26. The Kier molecular flexibility index (Phi) is 3.20. The van der Waals surface area contributed by atoms with E-state index in [9.17, 15) is 4.79 Å². The summed E-state index contributed by atoms with van der Waals surface area (Å²) in [4.78, 5) is 11.9. The molecule has 6 heteroatoms. The standard InChI is InChI=1S/C11H8ClN3O2/c12-9-2-3-10(15-13-5-6-14-15)8(7-9)1-4-11(16)17/h1-7H,(H,16,17)/b4-1+. The van der Waals surface area contributed by atoms with E-state index in [0.717, 1.165) is 6.08 Å². The number of aromatic nitrogens is 3. The Morgan fingerprint density at radius 2 is 2.06 bits per heavy atom. The van der Waals surface area contributed by atoms with Gasteiger partial charge in [0.05, 0.1) is 18.1 Å². The van der Waals surface area contributed by atoms with Crippen molar-refractivity contribution in [1.82, 2.24) is 15.0 Å². The zero-order valence-corrected chi connectivity index (χ0v) is 9.37. The highest BCUT2D eigenvalue weighted by Gasteiger charge is 2.04. The maximum absolute atomic E-state index is 10.5. The van der Waals surface area contributed by atoms with Gasteiger partial charge in [-0.1, -0.05) is 11.6 Å². The van der Waals surface area contributed by atoms with Gasteiger partial charge in [-0.3, -0.25) is 0 Å². The maximum Gasteiger partial charge on any atom is 0.328 e. The number of carboxylic acid groups (broad SMARTS) is 1. The summed E-state index contributed by atoms with van der Waals surface area (Å²) in [5, 5.41) is 17.1. The number of halogens is 1. The lowest BCUT2D eigenvalue weighted by Crippen LogP contribution is -2.01. The highest BCUT2D eigenvalue weighted by atomic mass is 35.5. The van der Waals surface area contributed by atoms with Gasteiger partial charge in [-0.15, -0.1) is 0 Å². The van der Waals surface area contributed by atoms with Gasteiger partial charge in [0.1, 0.15) is 0 Å². The highest BCUT2D eigenvalue weighted by Crippen LogP contribution is 2.19. The number of carboxylic acids is 1. The van der Waals surface area contributed by atoms with Crippen LogP contribution in [0.25, 0.3) is 11.8 Å². The number of rotatable bonds is 3. The summed E-state index contributed by atoms with van der Waals surface area (Å²) in [5.74, 6) is -1.02. The molecule has 1 heterocycles. The topological polar surface area (TPSA) is 68.0 Å². The van der Waals surface area contributed by atoms with Crippen LogP contribution < -0.4 is 0 Å². The summed E-state index contributed by atoms with van der Waals surface area (Å²) in [6.45, 7) is 0. The minimum atomic E-state index is -1.02. The predicted molar refractivity (Wildman–Crippen MR) is 63.0 cm³/mol. The minimum Gasteiger partial charge on any atom is -0.478 e. The van der Waals surface area contributed by atoms with Crippen molar-refractivity contribution in [2.24, 2.45) is 0 Å². The van der Waals surface area contributed by atoms with Crippen molar-refractivity contribution in [3.8, 4) is 5.69 Å². The van der Waals surface area contributed by atoms with Gasteiger partial charge >= 0.3 is 5.97 Å². The molecule has 0 aliphatic heterocycles. The molecule has 1 aromatic carbocycles. The van der Waals surface area contributed by atoms with Gasteiger partial charge in [-0.2, -0.15) is 15.0 Å². The Hall–Kier alpha value is -2.14. The van der Waals surface area contributed by atoms with Gasteiger partial charge in [0.25, 0.3) is 0 Å². The van der Waals surface area contributed by atoms with Crippen molar-refractivity contribution in [3.05, 3.63) is 47.3 Å². The lowest BCUT2D eigenvalue weighted by molar-refractivity contribution is -0.131. The smallest absolute Gasteiger partial charge is 0.328 e. The highest BCUT2D eigenvalue weighted by molar-refractivity contribution is 6.30. The van der Waals surface area contributed by atoms with Crippen LogP contribution in [0.15, 0.2) is 36.7 Å². The average Bonchev–Trinajstić information content (AvgIpc) is 2.80. The van der Waals surface area contributed by atoms with E-state index >= 15 is 0 Å². The van der Waals surface area contributed by atoms with E-state index in [-0.39, 0.29) is 0 Å². The summed E-state index contributed by atoms with van der Waals surface area (Å²) >= 11 is 5.86. The van der Waals surface area contributed by atoms with Crippen molar-refractivity contribution in [2.75, 3.05) is 0 Å². The molecule has 0 saturated carbocycles. The second-order valence-corrected chi connectivity index (χ2v) is 3.63. The quantitative estimate of drug-likeness (QED) is 0.845. The Morgan fingerprint density at radius 3 is 2.71 bits per heavy atom. The van der Waals surface area contributed by atoms with Crippen LogP contribution in [0.4, 0.5) is 0 Å². The van der Waals surface area contributed by atoms with Crippen molar-refractivity contribution in [1.29, 1.82) is 0 Å². The SMILES string of the molecule is O=C(O)/C=C/c1cc(Cl)ccc1-n1nccn1. The van der Waals surface area contributed by atoms with Crippen LogP contribution in [0.1, 0.15) is 5.56 Å². The normalized spacial score (nSPS) is 10.9. The third kappa shape index (κ3) is 2.70.